The van der Waals surface area contributed by atoms with Crippen LogP contribution in [0.5, 0.6) is 0 Å². The van der Waals surface area contributed by atoms with Gasteiger partial charge in [0.1, 0.15) is 12.8 Å². The number of carbonyl (C=O) groups is 3. The molecule has 19 heavy (non-hydrogen) atoms. The average molecular weight is 266 g/mol. The lowest BCUT2D eigenvalue weighted by molar-refractivity contribution is -0.147. The third-order valence-electron chi connectivity index (χ3n) is 2.88. The van der Waals surface area contributed by atoms with Gasteiger partial charge in [0, 0.05) is 12.0 Å². The number of imide groups is 1. The van der Waals surface area contributed by atoms with Crippen molar-refractivity contribution in [2.75, 3.05) is 6.73 Å². The van der Waals surface area contributed by atoms with Crippen LogP contribution in [0.1, 0.15) is 26.7 Å². The molecule has 1 fully saturated rings. The van der Waals surface area contributed by atoms with Gasteiger partial charge in [0.05, 0.1) is 0 Å². The number of hydrogen-bond donors (Lipinski definition) is 2. The maximum absolute atomic E-state index is 12.1. The minimum absolute atomic E-state index is 0.164. The second kappa shape index (κ2) is 6.84. The molecule has 1 unspecified atom stereocenters. The van der Waals surface area contributed by atoms with Gasteiger partial charge in [0.15, 0.2) is 0 Å². The molecule has 2 N–H and O–H groups in total. The molecule has 0 radical (unpaired) electrons. The first-order chi connectivity index (χ1) is 9.01. The molecule has 1 atom stereocenters. The highest BCUT2D eigenvalue weighted by Gasteiger charge is 2.34. The first-order valence-corrected chi connectivity index (χ1v) is 6.06. The first-order valence-electron chi connectivity index (χ1n) is 6.06. The van der Waals surface area contributed by atoms with Crippen LogP contribution in [0.15, 0.2) is 23.8 Å². The summed E-state index contributed by atoms with van der Waals surface area (Å²) in [6.07, 6.45) is 5.47. The van der Waals surface area contributed by atoms with E-state index in [1.54, 1.807) is 25.2 Å². The fourth-order valence-electron chi connectivity index (χ4n) is 1.82. The molecule has 0 aliphatic carbocycles. The van der Waals surface area contributed by atoms with Gasteiger partial charge in [-0.1, -0.05) is 18.2 Å². The standard InChI is InChI=1S/C13H18N2O4/c1-3-4-5-9(2)13(19)15(8-16)10-6-7-11(17)14-12(10)18/h3-5,10,16H,6-8H2,1-2H3,(H,14,17,18)/b4-3-,9-5+. The van der Waals surface area contributed by atoms with Crippen molar-refractivity contribution >= 4 is 17.7 Å². The Hall–Kier alpha value is -1.95. The van der Waals surface area contributed by atoms with Crippen LogP contribution in [0.25, 0.3) is 0 Å². The highest BCUT2D eigenvalue weighted by Crippen LogP contribution is 2.14. The van der Waals surface area contributed by atoms with Crippen molar-refractivity contribution in [2.24, 2.45) is 0 Å². The zero-order valence-corrected chi connectivity index (χ0v) is 11.0. The Kier molecular flexibility index (Phi) is 5.44. The number of hydrogen-bond acceptors (Lipinski definition) is 4. The van der Waals surface area contributed by atoms with Gasteiger partial charge < -0.3 is 10.0 Å². The van der Waals surface area contributed by atoms with Gasteiger partial charge >= 0.3 is 0 Å². The summed E-state index contributed by atoms with van der Waals surface area (Å²) in [5.41, 5.74) is 0.414. The molecule has 0 bridgehead atoms. The van der Waals surface area contributed by atoms with E-state index in [-0.39, 0.29) is 18.7 Å². The molecule has 1 heterocycles. The number of amides is 3. The summed E-state index contributed by atoms with van der Waals surface area (Å²) in [6.45, 7) is 2.86. The van der Waals surface area contributed by atoms with Crippen LogP contribution < -0.4 is 5.32 Å². The van der Waals surface area contributed by atoms with Gasteiger partial charge in [-0.25, -0.2) is 0 Å². The average Bonchev–Trinajstić information content (AvgIpc) is 2.38. The molecule has 0 spiro atoms. The number of allylic oxidation sites excluding steroid dienone is 3. The molecule has 104 valence electrons. The first kappa shape index (κ1) is 15.1. The lowest BCUT2D eigenvalue weighted by Crippen LogP contribution is -2.54. The van der Waals surface area contributed by atoms with E-state index in [0.717, 1.165) is 4.90 Å². The van der Waals surface area contributed by atoms with E-state index in [2.05, 4.69) is 5.32 Å². The van der Waals surface area contributed by atoms with E-state index in [9.17, 15) is 19.5 Å². The van der Waals surface area contributed by atoms with Crippen molar-refractivity contribution in [1.82, 2.24) is 10.2 Å². The summed E-state index contributed by atoms with van der Waals surface area (Å²) in [5, 5.41) is 11.5. The van der Waals surface area contributed by atoms with E-state index >= 15 is 0 Å². The summed E-state index contributed by atoms with van der Waals surface area (Å²) in [4.78, 5) is 35.9. The van der Waals surface area contributed by atoms with Crippen molar-refractivity contribution in [1.29, 1.82) is 0 Å². The fraction of sp³-hybridized carbons (Fsp3) is 0.462. The Bertz CT molecular complexity index is 440. The van der Waals surface area contributed by atoms with E-state index in [0.29, 0.717) is 5.57 Å². The van der Waals surface area contributed by atoms with Crippen LogP contribution in [0.4, 0.5) is 0 Å². The molecule has 0 aromatic carbocycles. The number of piperidine rings is 1. The van der Waals surface area contributed by atoms with E-state index in [1.165, 1.54) is 0 Å². The SMILES string of the molecule is C/C=C\C=C(/C)C(=O)N(CO)C1CCC(=O)NC1=O. The van der Waals surface area contributed by atoms with Crippen molar-refractivity contribution in [3.05, 3.63) is 23.8 Å². The summed E-state index contributed by atoms with van der Waals surface area (Å²) < 4.78 is 0. The summed E-state index contributed by atoms with van der Waals surface area (Å²) in [7, 11) is 0. The molecule has 1 saturated heterocycles. The second-order valence-corrected chi connectivity index (χ2v) is 4.26. The molecule has 0 saturated carbocycles. The Labute approximate surface area is 111 Å². The molecule has 1 rings (SSSR count). The topological polar surface area (TPSA) is 86.7 Å². The van der Waals surface area contributed by atoms with Gasteiger partial charge in [-0.05, 0) is 20.3 Å². The number of carbonyl (C=O) groups excluding carboxylic acids is 3. The van der Waals surface area contributed by atoms with Crippen LogP contribution >= 0.6 is 0 Å². The third-order valence-corrected chi connectivity index (χ3v) is 2.88. The summed E-state index contributed by atoms with van der Waals surface area (Å²) in [5.74, 6) is -1.32. The van der Waals surface area contributed by atoms with E-state index < -0.39 is 24.6 Å². The zero-order chi connectivity index (χ0) is 14.4. The number of aliphatic hydroxyl groups is 1. The molecule has 1 aliphatic heterocycles. The number of rotatable bonds is 4. The third kappa shape index (κ3) is 3.75. The summed E-state index contributed by atoms with van der Waals surface area (Å²) >= 11 is 0. The lowest BCUT2D eigenvalue weighted by Gasteiger charge is -2.31. The molecule has 6 nitrogen and oxygen atoms in total. The maximum atomic E-state index is 12.1. The number of nitrogens with zero attached hydrogens (tertiary/aromatic N) is 1. The van der Waals surface area contributed by atoms with Crippen LogP contribution in [0, 0.1) is 0 Å². The maximum Gasteiger partial charge on any atom is 0.251 e. The minimum atomic E-state index is -0.802. The van der Waals surface area contributed by atoms with Crippen molar-refractivity contribution < 1.29 is 19.5 Å². The Morgan fingerprint density at radius 2 is 2.21 bits per heavy atom. The number of aliphatic hydroxyl groups excluding tert-OH is 1. The normalized spacial score (nSPS) is 20.6. The monoisotopic (exact) mass is 266 g/mol. The van der Waals surface area contributed by atoms with Gasteiger partial charge in [0.2, 0.25) is 11.8 Å². The Balaban J connectivity index is 2.85. The highest BCUT2D eigenvalue weighted by atomic mass is 16.3. The van der Waals surface area contributed by atoms with Crippen molar-refractivity contribution in [3.63, 3.8) is 0 Å². The molecular weight excluding hydrogens is 248 g/mol. The van der Waals surface area contributed by atoms with Crippen LogP contribution in [0.2, 0.25) is 0 Å². The van der Waals surface area contributed by atoms with Crippen LogP contribution in [-0.4, -0.2) is 40.5 Å². The Morgan fingerprint density at radius 1 is 1.53 bits per heavy atom. The van der Waals surface area contributed by atoms with Gasteiger partial charge in [0.25, 0.3) is 5.91 Å². The lowest BCUT2D eigenvalue weighted by atomic mass is 10.0. The van der Waals surface area contributed by atoms with Crippen LogP contribution in [0.3, 0.4) is 0 Å². The minimum Gasteiger partial charge on any atom is -0.376 e. The predicted octanol–water partition coefficient (Wildman–Crippen LogP) is 0.0924. The van der Waals surface area contributed by atoms with Crippen molar-refractivity contribution in [3.8, 4) is 0 Å². The molecule has 0 aromatic rings. The van der Waals surface area contributed by atoms with Gasteiger partial charge in [-0.3, -0.25) is 19.7 Å². The quantitative estimate of drug-likeness (QED) is 0.327. The largest absolute Gasteiger partial charge is 0.376 e. The van der Waals surface area contributed by atoms with E-state index in [4.69, 9.17) is 0 Å². The zero-order valence-electron chi connectivity index (χ0n) is 11.0. The molecule has 1 aliphatic rings. The van der Waals surface area contributed by atoms with Gasteiger partial charge in [-0.2, -0.15) is 0 Å². The second-order valence-electron chi connectivity index (χ2n) is 4.26. The molecule has 0 aromatic heterocycles. The smallest absolute Gasteiger partial charge is 0.251 e. The van der Waals surface area contributed by atoms with Crippen molar-refractivity contribution in [2.45, 2.75) is 32.7 Å². The fourth-order valence-corrected chi connectivity index (χ4v) is 1.82. The predicted molar refractivity (Wildman–Crippen MR) is 68.7 cm³/mol. The molecular formula is C13H18N2O4. The molecule has 6 heteroatoms. The van der Waals surface area contributed by atoms with E-state index in [1.807, 2.05) is 6.92 Å². The van der Waals surface area contributed by atoms with Gasteiger partial charge in [-0.15, -0.1) is 0 Å². The Morgan fingerprint density at radius 3 is 2.74 bits per heavy atom. The van der Waals surface area contributed by atoms with Crippen LogP contribution in [-0.2, 0) is 14.4 Å². The number of nitrogens with one attached hydrogen (secondary N) is 1. The highest BCUT2D eigenvalue weighted by molar-refractivity contribution is 6.03. The molecule has 3 amide bonds. The summed E-state index contributed by atoms with van der Waals surface area (Å²) in [6, 6.07) is -0.802.